The van der Waals surface area contributed by atoms with Crippen LogP contribution in [-0.2, 0) is 16.3 Å². The molecule has 5 nitrogen and oxygen atoms in total. The molecule has 0 radical (unpaired) electrons. The van der Waals surface area contributed by atoms with Crippen LogP contribution in [0.2, 0.25) is 0 Å². The molecule has 2 N–H and O–H groups in total. The van der Waals surface area contributed by atoms with Gasteiger partial charge in [0, 0.05) is 18.4 Å². The minimum absolute atomic E-state index is 0.183. The second kappa shape index (κ2) is 4.86. The third-order valence-electron chi connectivity index (χ3n) is 3.99. The fraction of sp³-hybridized carbons (Fsp3) is 0.500. The molecule has 1 aromatic carbocycles. The minimum Gasteiger partial charge on any atom is -0.387 e. The number of rotatable bonds is 3. The Morgan fingerprint density at radius 2 is 2.00 bits per heavy atom. The fourth-order valence-corrected chi connectivity index (χ4v) is 2.75. The van der Waals surface area contributed by atoms with Gasteiger partial charge in [0.15, 0.2) is 9.84 Å². The summed E-state index contributed by atoms with van der Waals surface area (Å²) in [6.45, 7) is 3.56. The van der Waals surface area contributed by atoms with Gasteiger partial charge in [0.25, 0.3) is 5.91 Å². The van der Waals surface area contributed by atoms with E-state index in [4.69, 9.17) is 0 Å². The molecule has 1 aromatic rings. The van der Waals surface area contributed by atoms with Crippen LogP contribution in [0.4, 0.5) is 0 Å². The van der Waals surface area contributed by atoms with E-state index in [1.165, 1.54) is 13.8 Å². The first-order valence-electron chi connectivity index (χ1n) is 6.43. The normalized spacial score (nSPS) is 17.3. The summed E-state index contributed by atoms with van der Waals surface area (Å²) in [6, 6.07) is 5.06. The predicted molar refractivity (Wildman–Crippen MR) is 76.4 cm³/mol. The van der Waals surface area contributed by atoms with Gasteiger partial charge in [0.2, 0.25) is 0 Å². The van der Waals surface area contributed by atoms with E-state index in [2.05, 4.69) is 5.32 Å². The number of hydrogen-bond acceptors (Lipinski definition) is 4. The van der Waals surface area contributed by atoms with Crippen molar-refractivity contribution in [2.45, 2.75) is 31.1 Å². The smallest absolute Gasteiger partial charge is 0.251 e. The molecule has 0 aliphatic carbocycles. The Labute approximate surface area is 118 Å². The lowest BCUT2D eigenvalue weighted by Gasteiger charge is -2.29. The zero-order valence-corrected chi connectivity index (χ0v) is 12.6. The Bertz CT molecular complexity index is 649. The van der Waals surface area contributed by atoms with Crippen LogP contribution in [0.25, 0.3) is 0 Å². The molecule has 1 atom stereocenters. The van der Waals surface area contributed by atoms with Crippen molar-refractivity contribution in [2.75, 3.05) is 12.8 Å². The van der Waals surface area contributed by atoms with E-state index in [9.17, 15) is 18.3 Å². The molecule has 1 aliphatic rings. The molecule has 2 rings (SSSR count). The van der Waals surface area contributed by atoms with Gasteiger partial charge in [-0.25, -0.2) is 8.42 Å². The van der Waals surface area contributed by atoms with E-state index >= 15 is 0 Å². The fourth-order valence-electron chi connectivity index (χ4n) is 2.20. The summed E-state index contributed by atoms with van der Waals surface area (Å²) in [4.78, 5) is 11.8. The van der Waals surface area contributed by atoms with Crippen molar-refractivity contribution < 1.29 is 18.3 Å². The molecule has 0 fully saturated rings. The Kier molecular flexibility index (Phi) is 3.64. The van der Waals surface area contributed by atoms with Crippen LogP contribution in [0.15, 0.2) is 18.2 Å². The SMILES string of the molecule is CC(C)(C(O)c1ccc2c(c1)C(=O)NCC2)S(C)(=O)=O. The molecule has 1 amide bonds. The summed E-state index contributed by atoms with van der Waals surface area (Å²) in [5.74, 6) is -0.183. The number of hydrogen-bond donors (Lipinski definition) is 2. The minimum atomic E-state index is -3.44. The van der Waals surface area contributed by atoms with Gasteiger partial charge in [-0.3, -0.25) is 4.79 Å². The summed E-state index contributed by atoms with van der Waals surface area (Å²) in [7, 11) is -3.44. The van der Waals surface area contributed by atoms with Gasteiger partial charge in [0.1, 0.15) is 0 Å². The molecule has 1 unspecified atom stereocenters. The molecule has 1 aliphatic heterocycles. The topological polar surface area (TPSA) is 83.5 Å². The lowest BCUT2D eigenvalue weighted by Crippen LogP contribution is -2.38. The number of carbonyl (C=O) groups is 1. The maximum Gasteiger partial charge on any atom is 0.251 e. The van der Waals surface area contributed by atoms with E-state index in [0.717, 1.165) is 18.2 Å². The molecule has 110 valence electrons. The summed E-state index contributed by atoms with van der Waals surface area (Å²) in [5.41, 5.74) is 1.87. The highest BCUT2D eigenvalue weighted by Gasteiger charge is 2.39. The summed E-state index contributed by atoms with van der Waals surface area (Å²) in [6.07, 6.45) is 0.659. The molecule has 0 spiro atoms. The maximum atomic E-state index is 11.8. The number of carbonyl (C=O) groups excluding carboxylic acids is 1. The van der Waals surface area contributed by atoms with Gasteiger partial charge in [-0.05, 0) is 37.5 Å². The van der Waals surface area contributed by atoms with Crippen LogP contribution in [0, 0.1) is 0 Å². The summed E-state index contributed by atoms with van der Waals surface area (Å²) < 4.78 is 22.3. The molecular weight excluding hydrogens is 278 g/mol. The number of amides is 1. The first-order chi connectivity index (χ1) is 9.14. The summed E-state index contributed by atoms with van der Waals surface area (Å²) in [5, 5.41) is 13.1. The van der Waals surface area contributed by atoms with E-state index in [1.807, 2.05) is 0 Å². The van der Waals surface area contributed by atoms with Gasteiger partial charge in [-0.15, -0.1) is 0 Å². The van der Waals surface area contributed by atoms with Crippen molar-refractivity contribution in [3.05, 3.63) is 34.9 Å². The van der Waals surface area contributed by atoms with Gasteiger partial charge in [0.05, 0.1) is 10.9 Å². The van der Waals surface area contributed by atoms with E-state index in [1.54, 1.807) is 18.2 Å². The van der Waals surface area contributed by atoms with E-state index < -0.39 is 20.7 Å². The highest BCUT2D eigenvalue weighted by molar-refractivity contribution is 7.92. The average Bonchev–Trinajstić information content (AvgIpc) is 2.36. The third kappa shape index (κ3) is 2.45. The van der Waals surface area contributed by atoms with Crippen LogP contribution in [0.3, 0.4) is 0 Å². The van der Waals surface area contributed by atoms with Gasteiger partial charge in [-0.1, -0.05) is 12.1 Å². The molecule has 0 saturated carbocycles. The first-order valence-corrected chi connectivity index (χ1v) is 8.32. The van der Waals surface area contributed by atoms with Gasteiger partial charge >= 0.3 is 0 Å². The molecule has 1 heterocycles. The first kappa shape index (κ1) is 15.0. The van der Waals surface area contributed by atoms with Crippen molar-refractivity contribution in [2.24, 2.45) is 0 Å². The molecule has 6 heteroatoms. The standard InChI is InChI=1S/C14H19NO4S/c1-14(2,20(3,18)19)12(16)10-5-4-9-6-7-15-13(17)11(9)8-10/h4-5,8,12,16H,6-7H2,1-3H3,(H,15,17). The lowest BCUT2D eigenvalue weighted by molar-refractivity contribution is 0.0945. The van der Waals surface area contributed by atoms with Crippen molar-refractivity contribution in [1.29, 1.82) is 0 Å². The molecular formula is C14H19NO4S. The molecule has 20 heavy (non-hydrogen) atoms. The second-order valence-electron chi connectivity index (χ2n) is 5.70. The van der Waals surface area contributed by atoms with Crippen molar-refractivity contribution in [1.82, 2.24) is 5.32 Å². The van der Waals surface area contributed by atoms with Gasteiger partial charge < -0.3 is 10.4 Å². The maximum absolute atomic E-state index is 11.8. The van der Waals surface area contributed by atoms with Crippen LogP contribution in [-0.4, -0.2) is 37.0 Å². The van der Waals surface area contributed by atoms with Crippen molar-refractivity contribution >= 4 is 15.7 Å². The number of benzene rings is 1. The van der Waals surface area contributed by atoms with E-state index in [-0.39, 0.29) is 5.91 Å². The largest absolute Gasteiger partial charge is 0.387 e. The monoisotopic (exact) mass is 297 g/mol. The van der Waals surface area contributed by atoms with Crippen molar-refractivity contribution in [3.8, 4) is 0 Å². The molecule has 0 aromatic heterocycles. The third-order valence-corrected chi connectivity index (χ3v) is 6.12. The van der Waals surface area contributed by atoms with Crippen LogP contribution in [0.5, 0.6) is 0 Å². The molecule has 0 bridgehead atoms. The van der Waals surface area contributed by atoms with Gasteiger partial charge in [-0.2, -0.15) is 0 Å². The van der Waals surface area contributed by atoms with Crippen LogP contribution in [0.1, 0.15) is 41.4 Å². The number of sulfone groups is 1. The number of aliphatic hydroxyl groups excluding tert-OH is 1. The number of nitrogens with one attached hydrogen (secondary N) is 1. The highest BCUT2D eigenvalue weighted by Crippen LogP contribution is 2.33. The number of aliphatic hydroxyl groups is 1. The van der Waals surface area contributed by atoms with Crippen molar-refractivity contribution in [3.63, 3.8) is 0 Å². The second-order valence-corrected chi connectivity index (χ2v) is 8.30. The Balaban J connectivity index is 2.44. The quantitative estimate of drug-likeness (QED) is 0.865. The molecule has 0 saturated heterocycles. The van der Waals surface area contributed by atoms with Crippen LogP contribution >= 0.6 is 0 Å². The highest BCUT2D eigenvalue weighted by atomic mass is 32.2. The Morgan fingerprint density at radius 3 is 2.60 bits per heavy atom. The summed E-state index contributed by atoms with van der Waals surface area (Å²) >= 11 is 0. The number of fused-ring (bicyclic) bond motifs is 1. The zero-order chi connectivity index (χ0) is 15.1. The van der Waals surface area contributed by atoms with E-state index in [0.29, 0.717) is 17.7 Å². The zero-order valence-electron chi connectivity index (χ0n) is 11.8. The Hall–Kier alpha value is -1.40. The predicted octanol–water partition coefficient (Wildman–Crippen LogP) is 0.829. The van der Waals surface area contributed by atoms with Crippen LogP contribution < -0.4 is 5.32 Å². The Morgan fingerprint density at radius 1 is 1.35 bits per heavy atom. The lowest BCUT2D eigenvalue weighted by atomic mass is 9.92. The average molecular weight is 297 g/mol.